The zero-order chi connectivity index (χ0) is 9.97. The molecule has 0 aromatic heterocycles. The molecule has 14 heavy (non-hydrogen) atoms. The van der Waals surface area contributed by atoms with Gasteiger partial charge in [-0.1, -0.05) is 23.7 Å². The van der Waals surface area contributed by atoms with Gasteiger partial charge in [-0.2, -0.15) is 0 Å². The Bertz CT molecular complexity index is 362. The van der Waals surface area contributed by atoms with E-state index in [4.69, 9.17) is 11.6 Å². The van der Waals surface area contributed by atoms with E-state index in [0.717, 1.165) is 27.7 Å². The van der Waals surface area contributed by atoms with Crippen molar-refractivity contribution in [1.82, 2.24) is 0 Å². The highest BCUT2D eigenvalue weighted by Gasteiger charge is 2.14. The van der Waals surface area contributed by atoms with E-state index in [0.29, 0.717) is 18.6 Å². The molecule has 74 valence electrons. The molecular weight excluding hydrogens is 216 g/mol. The molecule has 0 saturated carbocycles. The van der Waals surface area contributed by atoms with Crippen molar-refractivity contribution in [1.29, 1.82) is 0 Å². The quantitative estimate of drug-likeness (QED) is 0.675. The average molecular weight is 227 g/mol. The van der Waals surface area contributed by atoms with Gasteiger partial charge in [-0.05, 0) is 23.8 Å². The second kappa shape index (κ2) is 4.37. The van der Waals surface area contributed by atoms with Crippen molar-refractivity contribution in [2.24, 2.45) is 0 Å². The van der Waals surface area contributed by atoms with E-state index in [1.165, 1.54) is 0 Å². The minimum atomic E-state index is 0.328. The lowest BCUT2D eigenvalue weighted by Gasteiger charge is -2.13. The van der Waals surface area contributed by atoms with E-state index in [1.54, 1.807) is 11.8 Å². The molecule has 0 atom stereocenters. The third-order valence-electron chi connectivity index (χ3n) is 2.28. The predicted octanol–water partition coefficient (Wildman–Crippen LogP) is 3.34. The van der Waals surface area contributed by atoms with Crippen molar-refractivity contribution in [3.63, 3.8) is 0 Å². The molecule has 0 amide bonds. The fourth-order valence-electron chi connectivity index (χ4n) is 1.60. The topological polar surface area (TPSA) is 17.1 Å². The van der Waals surface area contributed by atoms with Gasteiger partial charge < -0.3 is 0 Å². The monoisotopic (exact) mass is 226 g/mol. The number of halogens is 1. The summed E-state index contributed by atoms with van der Waals surface area (Å²) in [6.07, 6.45) is 2.22. The van der Waals surface area contributed by atoms with Gasteiger partial charge >= 0.3 is 0 Å². The van der Waals surface area contributed by atoms with Gasteiger partial charge in [-0.3, -0.25) is 4.79 Å². The third kappa shape index (κ3) is 2.12. The van der Waals surface area contributed by atoms with E-state index in [-0.39, 0.29) is 0 Å². The number of ketones is 1. The smallest absolute Gasteiger partial charge is 0.137 e. The van der Waals surface area contributed by atoms with Crippen LogP contribution in [0.5, 0.6) is 0 Å². The second-order valence-electron chi connectivity index (χ2n) is 3.40. The van der Waals surface area contributed by atoms with Crippen molar-refractivity contribution >= 4 is 29.1 Å². The highest BCUT2D eigenvalue weighted by Crippen LogP contribution is 2.33. The van der Waals surface area contributed by atoms with Crippen molar-refractivity contribution in [2.45, 2.75) is 24.2 Å². The Morgan fingerprint density at radius 2 is 2.21 bits per heavy atom. The first-order valence-corrected chi connectivity index (χ1v) is 6.05. The lowest BCUT2D eigenvalue weighted by atomic mass is 10.1. The Hall–Kier alpha value is -0.470. The van der Waals surface area contributed by atoms with Gasteiger partial charge in [0.05, 0.1) is 5.02 Å². The molecule has 0 spiro atoms. The van der Waals surface area contributed by atoms with E-state index >= 15 is 0 Å². The number of thioether (sulfide) groups is 1. The number of fused-ring (bicyclic) bond motifs is 1. The molecule has 0 radical (unpaired) electrons. The third-order valence-corrected chi connectivity index (χ3v) is 3.97. The summed E-state index contributed by atoms with van der Waals surface area (Å²) < 4.78 is 0. The van der Waals surface area contributed by atoms with Gasteiger partial charge in [-0.25, -0.2) is 0 Å². The molecule has 0 N–H and O–H groups in total. The van der Waals surface area contributed by atoms with E-state index < -0.39 is 0 Å². The van der Waals surface area contributed by atoms with Gasteiger partial charge in [0.15, 0.2) is 0 Å². The molecule has 0 bridgehead atoms. The minimum Gasteiger partial charge on any atom is -0.299 e. The first-order valence-electron chi connectivity index (χ1n) is 4.69. The van der Waals surface area contributed by atoms with Crippen LogP contribution in [0.1, 0.15) is 18.4 Å². The molecule has 1 aromatic carbocycles. The van der Waals surface area contributed by atoms with E-state index in [2.05, 4.69) is 0 Å². The largest absolute Gasteiger partial charge is 0.299 e. The summed E-state index contributed by atoms with van der Waals surface area (Å²) in [4.78, 5) is 12.6. The van der Waals surface area contributed by atoms with Gasteiger partial charge in [0.1, 0.15) is 5.78 Å². The van der Waals surface area contributed by atoms with Crippen LogP contribution in [0.25, 0.3) is 0 Å². The molecule has 3 heteroatoms. The Morgan fingerprint density at radius 3 is 3.07 bits per heavy atom. The van der Waals surface area contributed by atoms with E-state index in [9.17, 15) is 4.79 Å². The molecule has 1 aliphatic heterocycles. The fraction of sp³-hybridized carbons (Fsp3) is 0.364. The molecule has 0 aliphatic carbocycles. The highest BCUT2D eigenvalue weighted by atomic mass is 35.5. The van der Waals surface area contributed by atoms with Crippen LogP contribution < -0.4 is 0 Å². The van der Waals surface area contributed by atoms with Gasteiger partial charge in [0, 0.05) is 17.7 Å². The number of rotatable bonds is 0. The van der Waals surface area contributed by atoms with Gasteiger partial charge in [0.25, 0.3) is 0 Å². The molecule has 0 fully saturated rings. The van der Waals surface area contributed by atoms with Crippen molar-refractivity contribution < 1.29 is 4.79 Å². The van der Waals surface area contributed by atoms with Gasteiger partial charge in [0.2, 0.25) is 0 Å². The summed E-state index contributed by atoms with van der Waals surface area (Å²) in [5.74, 6) is 1.32. The lowest BCUT2D eigenvalue weighted by Crippen LogP contribution is -2.07. The summed E-state index contributed by atoms with van der Waals surface area (Å²) in [7, 11) is 0. The Kier molecular flexibility index (Phi) is 3.14. The van der Waals surface area contributed by atoms with Crippen LogP contribution >= 0.6 is 23.4 Å². The maximum absolute atomic E-state index is 11.5. The molecule has 2 rings (SSSR count). The molecule has 0 unspecified atom stereocenters. The fourth-order valence-corrected chi connectivity index (χ4v) is 2.98. The number of hydrogen-bond acceptors (Lipinski definition) is 2. The number of benzene rings is 1. The number of carbonyl (C=O) groups excluding carboxylic acids is 1. The van der Waals surface area contributed by atoms with Crippen LogP contribution in [0.2, 0.25) is 5.02 Å². The van der Waals surface area contributed by atoms with Crippen LogP contribution in [-0.2, 0) is 11.2 Å². The van der Waals surface area contributed by atoms with Gasteiger partial charge in [-0.15, -0.1) is 11.8 Å². The zero-order valence-corrected chi connectivity index (χ0v) is 9.33. The number of carbonyl (C=O) groups is 1. The second-order valence-corrected chi connectivity index (χ2v) is 4.91. The van der Waals surface area contributed by atoms with E-state index in [1.807, 2.05) is 18.2 Å². The molecule has 0 saturated heterocycles. The Morgan fingerprint density at radius 1 is 1.36 bits per heavy atom. The van der Waals surface area contributed by atoms with Crippen LogP contribution in [-0.4, -0.2) is 11.5 Å². The highest BCUT2D eigenvalue weighted by molar-refractivity contribution is 7.99. The molecule has 1 aromatic rings. The molecule has 1 nitrogen and oxygen atoms in total. The number of Topliss-reactive ketones (excluding diaryl/α,β-unsaturated/α-hetero) is 1. The SMILES string of the molecule is O=C1CCCSc2c(Cl)cccc2C1. The predicted molar refractivity (Wildman–Crippen MR) is 60.1 cm³/mol. The standard InChI is InChI=1S/C11H11ClOS/c12-10-5-1-3-8-7-9(13)4-2-6-14-11(8)10/h1,3,5H,2,4,6-7H2. The summed E-state index contributed by atoms with van der Waals surface area (Å²) in [5, 5.41) is 0.780. The summed E-state index contributed by atoms with van der Waals surface area (Å²) in [5.41, 5.74) is 1.09. The van der Waals surface area contributed by atoms with Crippen molar-refractivity contribution in [2.75, 3.05) is 5.75 Å². The first kappa shape index (κ1) is 10.1. The average Bonchev–Trinajstić information content (AvgIpc) is 2.12. The zero-order valence-electron chi connectivity index (χ0n) is 7.75. The first-order chi connectivity index (χ1) is 6.77. The summed E-state index contributed by atoms with van der Waals surface area (Å²) in [6, 6.07) is 5.80. The minimum absolute atomic E-state index is 0.328. The van der Waals surface area contributed by atoms with Crippen LogP contribution in [0.3, 0.4) is 0 Å². The molecule has 1 aliphatic rings. The summed E-state index contributed by atoms with van der Waals surface area (Å²) in [6.45, 7) is 0. The Labute approximate surface area is 92.8 Å². The summed E-state index contributed by atoms with van der Waals surface area (Å²) >= 11 is 7.85. The lowest BCUT2D eigenvalue weighted by molar-refractivity contribution is -0.118. The Balaban J connectivity index is 2.38. The molecular formula is C11H11ClOS. The number of hydrogen-bond donors (Lipinski definition) is 0. The van der Waals surface area contributed by atoms with Crippen LogP contribution in [0.15, 0.2) is 23.1 Å². The van der Waals surface area contributed by atoms with Crippen LogP contribution in [0, 0.1) is 0 Å². The maximum atomic E-state index is 11.5. The molecule has 1 heterocycles. The van der Waals surface area contributed by atoms with Crippen molar-refractivity contribution in [3.05, 3.63) is 28.8 Å². The van der Waals surface area contributed by atoms with Crippen molar-refractivity contribution in [3.8, 4) is 0 Å². The van der Waals surface area contributed by atoms with Crippen LogP contribution in [0.4, 0.5) is 0 Å². The normalized spacial score (nSPS) is 17.1. The maximum Gasteiger partial charge on any atom is 0.137 e.